The monoisotopic (exact) mass is 295 g/mol. The molecule has 0 spiro atoms. The molecule has 0 unspecified atom stereocenters. The molecule has 0 radical (unpaired) electrons. The average Bonchev–Trinajstić information content (AvgIpc) is 2.41. The first kappa shape index (κ1) is 15.1. The van der Waals surface area contributed by atoms with Gasteiger partial charge in [0.1, 0.15) is 5.82 Å². The van der Waals surface area contributed by atoms with E-state index in [9.17, 15) is 4.79 Å². The minimum absolute atomic E-state index is 0.0242. The number of carbonyl (C=O) groups is 1. The Kier molecular flexibility index (Phi) is 5.24. The number of rotatable bonds is 6. The molecule has 1 saturated carbocycles. The summed E-state index contributed by atoms with van der Waals surface area (Å²) < 4.78 is 0. The summed E-state index contributed by atoms with van der Waals surface area (Å²) in [5.41, 5.74) is 0.530. The fourth-order valence-electron chi connectivity index (χ4n) is 2.30. The number of pyridine rings is 1. The fourth-order valence-corrected chi connectivity index (χ4v) is 2.49. The highest BCUT2D eigenvalue weighted by molar-refractivity contribution is 6.33. The second-order valence-electron chi connectivity index (χ2n) is 5.46. The van der Waals surface area contributed by atoms with Gasteiger partial charge in [-0.3, -0.25) is 4.79 Å². The molecule has 1 aromatic heterocycles. The van der Waals surface area contributed by atoms with Gasteiger partial charge in [-0.15, -0.1) is 0 Å². The van der Waals surface area contributed by atoms with Crippen molar-refractivity contribution in [3.05, 3.63) is 22.8 Å². The highest BCUT2D eigenvalue weighted by atomic mass is 35.5. The first-order valence-electron chi connectivity index (χ1n) is 7.26. The van der Waals surface area contributed by atoms with E-state index in [1.54, 1.807) is 17.2 Å². The SMILES string of the molecule is CCCNc1cc(C(=O)N(C)CC2CCC2)c(Cl)cn1. The molecule has 1 aromatic rings. The smallest absolute Gasteiger partial charge is 0.255 e. The van der Waals surface area contributed by atoms with E-state index in [-0.39, 0.29) is 5.91 Å². The molecule has 0 saturated heterocycles. The van der Waals surface area contributed by atoms with E-state index in [1.165, 1.54) is 19.3 Å². The van der Waals surface area contributed by atoms with E-state index in [0.717, 1.165) is 19.5 Å². The summed E-state index contributed by atoms with van der Waals surface area (Å²) in [7, 11) is 1.84. The Bertz CT molecular complexity index is 474. The van der Waals surface area contributed by atoms with E-state index in [4.69, 9.17) is 11.6 Å². The van der Waals surface area contributed by atoms with Crippen molar-refractivity contribution < 1.29 is 4.79 Å². The standard InChI is InChI=1S/C15H22ClN3O/c1-3-7-17-14-8-12(13(16)9-18-14)15(20)19(2)10-11-5-4-6-11/h8-9,11H,3-7,10H2,1-2H3,(H,17,18). The van der Waals surface area contributed by atoms with Crippen LogP contribution in [-0.4, -0.2) is 35.9 Å². The van der Waals surface area contributed by atoms with Gasteiger partial charge in [0.25, 0.3) is 5.91 Å². The Hall–Kier alpha value is -1.29. The lowest BCUT2D eigenvalue weighted by Gasteiger charge is -2.30. The quantitative estimate of drug-likeness (QED) is 0.874. The number of aromatic nitrogens is 1. The van der Waals surface area contributed by atoms with Crippen LogP contribution >= 0.6 is 11.6 Å². The number of carbonyl (C=O) groups excluding carboxylic acids is 1. The molecule has 2 rings (SSSR count). The number of nitrogens with zero attached hydrogens (tertiary/aromatic N) is 2. The second-order valence-corrected chi connectivity index (χ2v) is 5.87. The van der Waals surface area contributed by atoms with Crippen LogP contribution in [0.4, 0.5) is 5.82 Å². The van der Waals surface area contributed by atoms with Gasteiger partial charge in [-0.05, 0) is 31.2 Å². The van der Waals surface area contributed by atoms with Crippen molar-refractivity contribution in [3.63, 3.8) is 0 Å². The van der Waals surface area contributed by atoms with E-state index in [2.05, 4.69) is 17.2 Å². The molecule has 4 nitrogen and oxygen atoms in total. The molecule has 1 heterocycles. The first-order chi connectivity index (χ1) is 9.61. The Labute approximate surface area is 125 Å². The summed E-state index contributed by atoms with van der Waals surface area (Å²) in [4.78, 5) is 18.4. The average molecular weight is 296 g/mol. The van der Waals surface area contributed by atoms with Gasteiger partial charge in [-0.1, -0.05) is 24.9 Å². The fraction of sp³-hybridized carbons (Fsp3) is 0.600. The van der Waals surface area contributed by atoms with E-state index in [0.29, 0.717) is 22.3 Å². The summed E-state index contributed by atoms with van der Waals surface area (Å²) in [6, 6.07) is 1.75. The summed E-state index contributed by atoms with van der Waals surface area (Å²) in [6.07, 6.45) is 6.29. The minimum Gasteiger partial charge on any atom is -0.370 e. The van der Waals surface area contributed by atoms with Crippen LogP contribution in [0.3, 0.4) is 0 Å². The van der Waals surface area contributed by atoms with Gasteiger partial charge in [0.15, 0.2) is 0 Å². The van der Waals surface area contributed by atoms with E-state index in [1.807, 2.05) is 7.05 Å². The van der Waals surface area contributed by atoms with Gasteiger partial charge in [-0.2, -0.15) is 0 Å². The third-order valence-electron chi connectivity index (χ3n) is 3.75. The molecule has 1 fully saturated rings. The van der Waals surface area contributed by atoms with Crippen molar-refractivity contribution in [2.24, 2.45) is 5.92 Å². The van der Waals surface area contributed by atoms with Gasteiger partial charge < -0.3 is 10.2 Å². The highest BCUT2D eigenvalue weighted by Crippen LogP contribution is 2.28. The Morgan fingerprint density at radius 1 is 1.55 bits per heavy atom. The molecule has 0 aliphatic heterocycles. The highest BCUT2D eigenvalue weighted by Gasteiger charge is 2.23. The van der Waals surface area contributed by atoms with Gasteiger partial charge in [-0.25, -0.2) is 4.98 Å². The van der Waals surface area contributed by atoms with Crippen molar-refractivity contribution in [1.29, 1.82) is 0 Å². The molecule has 110 valence electrons. The molecule has 1 N–H and O–H groups in total. The number of hydrogen-bond donors (Lipinski definition) is 1. The van der Waals surface area contributed by atoms with Crippen LogP contribution < -0.4 is 5.32 Å². The minimum atomic E-state index is -0.0242. The Morgan fingerprint density at radius 2 is 2.30 bits per heavy atom. The third-order valence-corrected chi connectivity index (χ3v) is 4.05. The molecule has 0 bridgehead atoms. The van der Waals surface area contributed by atoms with Crippen LogP contribution in [0.2, 0.25) is 5.02 Å². The van der Waals surface area contributed by atoms with Crippen LogP contribution in [0.1, 0.15) is 43.0 Å². The lowest BCUT2D eigenvalue weighted by atomic mass is 9.85. The summed E-state index contributed by atoms with van der Waals surface area (Å²) in [5, 5.41) is 3.59. The topological polar surface area (TPSA) is 45.2 Å². The van der Waals surface area contributed by atoms with Crippen molar-refractivity contribution in [2.45, 2.75) is 32.6 Å². The lowest BCUT2D eigenvalue weighted by Crippen LogP contribution is -2.34. The molecule has 5 heteroatoms. The number of anilines is 1. The van der Waals surface area contributed by atoms with Gasteiger partial charge >= 0.3 is 0 Å². The molecule has 1 amide bonds. The number of amides is 1. The van der Waals surface area contributed by atoms with Crippen LogP contribution in [-0.2, 0) is 0 Å². The molecule has 20 heavy (non-hydrogen) atoms. The third kappa shape index (κ3) is 3.63. The first-order valence-corrected chi connectivity index (χ1v) is 7.64. The van der Waals surface area contributed by atoms with Crippen molar-refractivity contribution in [1.82, 2.24) is 9.88 Å². The largest absolute Gasteiger partial charge is 0.370 e. The zero-order chi connectivity index (χ0) is 14.5. The molecular weight excluding hydrogens is 274 g/mol. The van der Waals surface area contributed by atoms with Gasteiger partial charge in [0, 0.05) is 26.3 Å². The summed E-state index contributed by atoms with van der Waals surface area (Å²) in [6.45, 7) is 3.73. The van der Waals surface area contributed by atoms with Crippen molar-refractivity contribution >= 4 is 23.3 Å². The van der Waals surface area contributed by atoms with Crippen LogP contribution in [0.5, 0.6) is 0 Å². The Balaban J connectivity index is 2.06. The number of hydrogen-bond acceptors (Lipinski definition) is 3. The molecular formula is C15H22ClN3O. The maximum Gasteiger partial charge on any atom is 0.255 e. The Morgan fingerprint density at radius 3 is 2.90 bits per heavy atom. The maximum atomic E-state index is 12.5. The normalized spacial score (nSPS) is 14.8. The number of nitrogens with one attached hydrogen (secondary N) is 1. The summed E-state index contributed by atoms with van der Waals surface area (Å²) in [5.74, 6) is 1.34. The molecule has 1 aliphatic rings. The van der Waals surface area contributed by atoms with Crippen molar-refractivity contribution in [3.8, 4) is 0 Å². The predicted octanol–water partition coefficient (Wildman–Crippen LogP) is 3.43. The van der Waals surface area contributed by atoms with Crippen LogP contribution in [0, 0.1) is 5.92 Å². The van der Waals surface area contributed by atoms with E-state index < -0.39 is 0 Å². The molecule has 1 aliphatic carbocycles. The van der Waals surface area contributed by atoms with Crippen molar-refractivity contribution in [2.75, 3.05) is 25.5 Å². The van der Waals surface area contributed by atoms with Crippen LogP contribution in [0.25, 0.3) is 0 Å². The summed E-state index contributed by atoms with van der Waals surface area (Å²) >= 11 is 6.12. The van der Waals surface area contributed by atoms with E-state index >= 15 is 0 Å². The maximum absolute atomic E-state index is 12.5. The lowest BCUT2D eigenvalue weighted by molar-refractivity contribution is 0.0745. The predicted molar refractivity (Wildman–Crippen MR) is 82.3 cm³/mol. The molecule has 0 atom stereocenters. The number of halogens is 1. The zero-order valence-electron chi connectivity index (χ0n) is 12.2. The zero-order valence-corrected chi connectivity index (χ0v) is 12.9. The van der Waals surface area contributed by atoms with Crippen LogP contribution in [0.15, 0.2) is 12.3 Å². The second kappa shape index (κ2) is 6.93. The molecule has 0 aromatic carbocycles. The van der Waals surface area contributed by atoms with Gasteiger partial charge in [0.05, 0.1) is 10.6 Å². The van der Waals surface area contributed by atoms with Gasteiger partial charge in [0.2, 0.25) is 0 Å².